The largest absolute Gasteiger partial charge is 0.490 e. The number of carbonyl (C=O) groups is 1. The maximum absolute atomic E-state index is 12.2. The molecular weight excluding hydrogens is 476 g/mol. The number of ether oxygens (including phenoxy) is 1. The van der Waals surface area contributed by atoms with Crippen molar-refractivity contribution in [2.45, 2.75) is 38.3 Å². The van der Waals surface area contributed by atoms with E-state index in [1.165, 1.54) is 11.3 Å². The monoisotopic (exact) mass is 498 g/mol. The van der Waals surface area contributed by atoms with Crippen LogP contribution in [-0.4, -0.2) is 41.5 Å². The van der Waals surface area contributed by atoms with Gasteiger partial charge in [0.1, 0.15) is 21.8 Å². The molecule has 1 aliphatic rings. The highest BCUT2D eigenvalue weighted by atomic mass is 32.2. The number of hydrogen-bond donors (Lipinski definition) is 2. The van der Waals surface area contributed by atoms with E-state index in [0.29, 0.717) is 27.7 Å². The summed E-state index contributed by atoms with van der Waals surface area (Å²) in [5.74, 6) is -2.09. The van der Waals surface area contributed by atoms with Crippen LogP contribution in [0.4, 0.5) is 0 Å². The Morgan fingerprint density at radius 1 is 1.26 bits per heavy atom. The van der Waals surface area contributed by atoms with E-state index in [0.717, 1.165) is 16.7 Å². The van der Waals surface area contributed by atoms with Crippen LogP contribution in [0.5, 0.6) is 5.75 Å². The zero-order chi connectivity index (χ0) is 24.5. The Morgan fingerprint density at radius 2 is 2.00 bits per heavy atom. The number of carboxylic acid groups (broad SMARTS) is 1. The van der Waals surface area contributed by atoms with E-state index in [9.17, 15) is 18.5 Å². The average Bonchev–Trinajstić information content (AvgIpc) is 3.38. The molecule has 0 fully saturated rings. The minimum Gasteiger partial charge on any atom is -0.490 e. The molecule has 3 aromatic rings. The quantitative estimate of drug-likeness (QED) is 0.481. The Labute approximate surface area is 201 Å². The second kappa shape index (κ2) is 9.50. The normalized spacial score (nSPS) is 17.4. The number of nitriles is 1. The lowest BCUT2D eigenvalue weighted by Gasteiger charge is -2.13. The van der Waals surface area contributed by atoms with Crippen LogP contribution in [0, 0.1) is 11.3 Å². The molecule has 1 aliphatic carbocycles. The Morgan fingerprint density at radius 3 is 2.68 bits per heavy atom. The first-order valence-corrected chi connectivity index (χ1v) is 13.0. The number of nitrogens with zero attached hydrogens (tertiary/aromatic N) is 3. The molecule has 4 rings (SSSR count). The van der Waals surface area contributed by atoms with E-state index >= 15 is 0 Å². The number of rotatable bonds is 8. The Balaban J connectivity index is 1.62. The van der Waals surface area contributed by atoms with Crippen molar-refractivity contribution < 1.29 is 23.1 Å². The first-order chi connectivity index (χ1) is 16.2. The molecule has 2 aromatic carbocycles. The van der Waals surface area contributed by atoms with Crippen molar-refractivity contribution in [1.82, 2.24) is 14.9 Å². The molecule has 0 saturated carbocycles. The lowest BCUT2D eigenvalue weighted by Crippen LogP contribution is -2.32. The molecule has 1 aromatic heterocycles. The topological polar surface area (TPSA) is 142 Å². The number of benzene rings is 2. The van der Waals surface area contributed by atoms with Gasteiger partial charge >= 0.3 is 5.97 Å². The van der Waals surface area contributed by atoms with Crippen molar-refractivity contribution in [2.75, 3.05) is 5.75 Å². The highest BCUT2D eigenvalue weighted by Crippen LogP contribution is 2.45. The minimum atomic E-state index is -4.00. The van der Waals surface area contributed by atoms with Gasteiger partial charge in [-0.25, -0.2) is 13.1 Å². The van der Waals surface area contributed by atoms with Crippen LogP contribution in [-0.2, 0) is 14.8 Å². The maximum atomic E-state index is 12.2. The third-order valence-corrected chi connectivity index (χ3v) is 7.66. The second-order valence-electron chi connectivity index (χ2n) is 8.18. The van der Waals surface area contributed by atoms with Crippen LogP contribution < -0.4 is 9.46 Å². The van der Waals surface area contributed by atoms with Crippen molar-refractivity contribution in [3.05, 3.63) is 64.2 Å². The van der Waals surface area contributed by atoms with Gasteiger partial charge in [0.2, 0.25) is 10.0 Å². The number of carboxylic acids is 1. The van der Waals surface area contributed by atoms with Crippen molar-refractivity contribution in [3.63, 3.8) is 0 Å². The summed E-state index contributed by atoms with van der Waals surface area (Å²) in [7, 11) is -4.00. The van der Waals surface area contributed by atoms with Gasteiger partial charge in [0.25, 0.3) is 0 Å². The zero-order valence-corrected chi connectivity index (χ0v) is 20.1. The summed E-state index contributed by atoms with van der Waals surface area (Å²) in [6.07, 6.45) is 0.339. The molecule has 0 aliphatic heterocycles. The van der Waals surface area contributed by atoms with Crippen LogP contribution in [0.15, 0.2) is 42.5 Å². The van der Waals surface area contributed by atoms with Crippen molar-refractivity contribution >= 4 is 27.3 Å². The summed E-state index contributed by atoms with van der Waals surface area (Å²) in [6, 6.07) is 14.3. The van der Waals surface area contributed by atoms with Crippen LogP contribution >= 0.6 is 11.3 Å². The SMILES string of the molecule is CC(C)Oc1ccc(-c2nnc(C3C[C@H](NS(=O)(=O)CC(=O)O)c4ccccc43)s2)cc1C#N. The number of aromatic nitrogens is 2. The average molecular weight is 499 g/mol. The fourth-order valence-corrected chi connectivity index (χ4v) is 6.04. The van der Waals surface area contributed by atoms with Gasteiger partial charge in [0, 0.05) is 17.5 Å². The molecule has 0 spiro atoms. The molecule has 0 bridgehead atoms. The number of hydrogen-bond acceptors (Lipinski definition) is 8. The van der Waals surface area contributed by atoms with Gasteiger partial charge in [-0.3, -0.25) is 4.79 Å². The van der Waals surface area contributed by atoms with Crippen LogP contribution in [0.25, 0.3) is 10.6 Å². The molecule has 2 N–H and O–H groups in total. The number of sulfonamides is 1. The molecule has 0 saturated heterocycles. The fraction of sp³-hybridized carbons (Fsp3) is 0.304. The molecule has 1 unspecified atom stereocenters. The third-order valence-electron chi connectivity index (χ3n) is 5.30. The molecule has 0 radical (unpaired) electrons. The van der Waals surface area contributed by atoms with Crippen LogP contribution in [0.2, 0.25) is 0 Å². The maximum Gasteiger partial charge on any atom is 0.320 e. The second-order valence-corrected chi connectivity index (χ2v) is 10.9. The predicted octanol–water partition coefficient (Wildman–Crippen LogP) is 3.44. The van der Waals surface area contributed by atoms with Crippen molar-refractivity contribution in [1.29, 1.82) is 5.26 Å². The van der Waals surface area contributed by atoms with E-state index < -0.39 is 27.8 Å². The summed E-state index contributed by atoms with van der Waals surface area (Å²) in [5, 5.41) is 28.4. The van der Waals surface area contributed by atoms with Gasteiger partial charge in [-0.2, -0.15) is 5.26 Å². The smallest absolute Gasteiger partial charge is 0.320 e. The van der Waals surface area contributed by atoms with Gasteiger partial charge in [-0.1, -0.05) is 35.6 Å². The Kier molecular flexibility index (Phi) is 6.65. The van der Waals surface area contributed by atoms with Crippen molar-refractivity contribution in [3.8, 4) is 22.4 Å². The van der Waals surface area contributed by atoms with Crippen LogP contribution in [0.1, 0.15) is 53.9 Å². The Hall–Kier alpha value is -3.33. The number of aliphatic carboxylic acids is 1. The zero-order valence-electron chi connectivity index (χ0n) is 18.4. The Bertz CT molecular complexity index is 1380. The van der Waals surface area contributed by atoms with Gasteiger partial charge < -0.3 is 9.84 Å². The first-order valence-electron chi connectivity index (χ1n) is 10.5. The van der Waals surface area contributed by atoms with E-state index in [4.69, 9.17) is 9.84 Å². The minimum absolute atomic E-state index is 0.0608. The molecule has 0 amide bonds. The molecule has 176 valence electrons. The van der Waals surface area contributed by atoms with Gasteiger partial charge in [-0.15, -0.1) is 10.2 Å². The number of nitrogens with one attached hydrogen (secondary N) is 1. The van der Waals surface area contributed by atoms with Gasteiger partial charge in [0.15, 0.2) is 5.75 Å². The summed E-state index contributed by atoms with van der Waals surface area (Å²) in [4.78, 5) is 10.9. The molecule has 1 heterocycles. The highest BCUT2D eigenvalue weighted by Gasteiger charge is 2.36. The van der Waals surface area contributed by atoms with E-state index in [2.05, 4.69) is 21.0 Å². The summed E-state index contributed by atoms with van der Waals surface area (Å²) >= 11 is 1.37. The number of fused-ring (bicyclic) bond motifs is 1. The van der Waals surface area contributed by atoms with E-state index in [1.54, 1.807) is 12.1 Å². The summed E-state index contributed by atoms with van der Waals surface area (Å²) < 4.78 is 32.7. The summed E-state index contributed by atoms with van der Waals surface area (Å²) in [5.41, 5.74) is 2.86. The summed E-state index contributed by atoms with van der Waals surface area (Å²) in [6.45, 7) is 3.78. The molecule has 34 heavy (non-hydrogen) atoms. The lowest BCUT2D eigenvalue weighted by molar-refractivity contribution is -0.134. The first kappa shape index (κ1) is 23.8. The standard InChI is InChI=1S/C23H22N4O5S2/c1-13(2)32-20-8-7-14(9-15(20)11-24)22-25-26-23(33-22)18-10-19(17-6-4-3-5-16(17)18)27-34(30,31)12-21(28)29/h3-9,13,18-19,27H,10,12H2,1-2H3,(H,28,29)/t18?,19-/m0/s1. The molecule has 2 atom stereocenters. The van der Waals surface area contributed by atoms with Gasteiger partial charge in [0.05, 0.1) is 11.7 Å². The van der Waals surface area contributed by atoms with Crippen LogP contribution in [0.3, 0.4) is 0 Å². The predicted molar refractivity (Wildman–Crippen MR) is 126 cm³/mol. The van der Waals surface area contributed by atoms with E-state index in [-0.39, 0.29) is 12.0 Å². The molecular formula is C23H22N4O5S2. The van der Waals surface area contributed by atoms with Gasteiger partial charge in [-0.05, 0) is 49.6 Å². The lowest BCUT2D eigenvalue weighted by atomic mass is 10.0. The highest BCUT2D eigenvalue weighted by molar-refractivity contribution is 7.90. The molecule has 11 heteroatoms. The fourth-order valence-electron chi connectivity index (χ4n) is 4.00. The third kappa shape index (κ3) is 5.09. The molecule has 9 nitrogen and oxygen atoms in total. The van der Waals surface area contributed by atoms with E-state index in [1.807, 2.05) is 44.2 Å². The van der Waals surface area contributed by atoms with Crippen molar-refractivity contribution in [2.24, 2.45) is 0 Å².